The molecule has 0 bridgehead atoms. The number of hydrogen-bond donors (Lipinski definition) is 2. The maximum Gasteiger partial charge on any atom is 0.262 e. The van der Waals surface area contributed by atoms with Crippen LogP contribution in [0.3, 0.4) is 0 Å². The van der Waals surface area contributed by atoms with Crippen molar-refractivity contribution in [2.75, 3.05) is 0 Å². The van der Waals surface area contributed by atoms with E-state index in [1.54, 1.807) is 30.3 Å². The predicted octanol–water partition coefficient (Wildman–Crippen LogP) is 3.54. The molecule has 1 amide bonds. The van der Waals surface area contributed by atoms with Crippen molar-refractivity contribution in [1.29, 1.82) is 5.26 Å². The first-order valence-electron chi connectivity index (χ1n) is 9.50. The van der Waals surface area contributed by atoms with Crippen LogP contribution >= 0.6 is 0 Å². The van der Waals surface area contributed by atoms with Gasteiger partial charge in [-0.05, 0) is 36.8 Å². The minimum absolute atomic E-state index is 0.0653. The number of furan rings is 1. The molecule has 7 nitrogen and oxygen atoms in total. The number of hydrogen-bond acceptors (Lipinski definition) is 5. The van der Waals surface area contributed by atoms with E-state index in [1.807, 2.05) is 43.3 Å². The molecule has 0 aliphatic rings. The van der Waals surface area contributed by atoms with Crippen LogP contribution in [-0.2, 0) is 21.4 Å². The van der Waals surface area contributed by atoms with Gasteiger partial charge >= 0.3 is 0 Å². The Bertz CT molecular complexity index is 1210. The van der Waals surface area contributed by atoms with E-state index in [0.717, 1.165) is 5.56 Å². The molecule has 0 saturated heterocycles. The Hall–Kier alpha value is -3.67. The van der Waals surface area contributed by atoms with Crippen LogP contribution in [0, 0.1) is 11.3 Å². The van der Waals surface area contributed by atoms with Gasteiger partial charge in [0.2, 0.25) is 10.0 Å². The molecule has 2 aromatic carbocycles. The number of nitrogens with one attached hydrogen (secondary N) is 2. The topological polar surface area (TPSA) is 112 Å². The van der Waals surface area contributed by atoms with Crippen molar-refractivity contribution >= 4 is 22.0 Å². The molecule has 0 radical (unpaired) electrons. The van der Waals surface area contributed by atoms with Crippen molar-refractivity contribution in [3.05, 3.63) is 95.5 Å². The largest absolute Gasteiger partial charge is 0.460 e. The standard InChI is InChI=1S/C23H21N3O4S/c1-17(18-8-4-2-5-9-18)26-23(27)19(15-24)14-20-12-13-21(30-20)16-25-31(28,29)22-10-6-3-7-11-22/h2-14,17,25H,16H2,1H3,(H,26,27)/b19-14+/t17-/m0/s1. The van der Waals surface area contributed by atoms with Crippen LogP contribution in [-0.4, -0.2) is 14.3 Å². The van der Waals surface area contributed by atoms with Crippen molar-refractivity contribution < 1.29 is 17.6 Å². The van der Waals surface area contributed by atoms with Gasteiger partial charge in [0.25, 0.3) is 5.91 Å². The van der Waals surface area contributed by atoms with E-state index >= 15 is 0 Å². The molecule has 1 heterocycles. The molecule has 3 aromatic rings. The van der Waals surface area contributed by atoms with Gasteiger partial charge in [-0.3, -0.25) is 4.79 Å². The number of amides is 1. The summed E-state index contributed by atoms with van der Waals surface area (Å²) in [6.07, 6.45) is 1.32. The van der Waals surface area contributed by atoms with E-state index in [2.05, 4.69) is 10.0 Å². The Balaban J connectivity index is 1.65. The summed E-state index contributed by atoms with van der Waals surface area (Å²) in [6, 6.07) is 22.1. The van der Waals surface area contributed by atoms with E-state index in [9.17, 15) is 18.5 Å². The van der Waals surface area contributed by atoms with Crippen LogP contribution in [0.2, 0.25) is 0 Å². The Morgan fingerprint density at radius 3 is 2.35 bits per heavy atom. The predicted molar refractivity (Wildman–Crippen MR) is 116 cm³/mol. The van der Waals surface area contributed by atoms with Crippen LogP contribution in [0.15, 0.2) is 87.7 Å². The number of sulfonamides is 1. The van der Waals surface area contributed by atoms with Gasteiger partial charge in [-0.1, -0.05) is 48.5 Å². The molecule has 2 N–H and O–H groups in total. The smallest absolute Gasteiger partial charge is 0.262 e. The molecule has 0 fully saturated rings. The van der Waals surface area contributed by atoms with Gasteiger partial charge in [0.1, 0.15) is 23.2 Å². The molecule has 3 rings (SSSR count). The summed E-state index contributed by atoms with van der Waals surface area (Å²) in [5.74, 6) is 0.0932. The normalized spacial score (nSPS) is 12.7. The monoisotopic (exact) mass is 435 g/mol. The maximum absolute atomic E-state index is 12.4. The second-order valence-corrected chi connectivity index (χ2v) is 8.48. The number of carbonyl (C=O) groups is 1. The molecule has 0 spiro atoms. The fraction of sp³-hybridized carbons (Fsp3) is 0.130. The first-order chi connectivity index (χ1) is 14.9. The molecule has 158 valence electrons. The highest BCUT2D eigenvalue weighted by Crippen LogP contribution is 2.16. The van der Waals surface area contributed by atoms with Gasteiger partial charge in [-0.2, -0.15) is 5.26 Å². The van der Waals surface area contributed by atoms with E-state index in [0.29, 0.717) is 5.76 Å². The average molecular weight is 436 g/mol. The third-order valence-corrected chi connectivity index (χ3v) is 5.89. The Morgan fingerprint density at radius 2 is 1.71 bits per heavy atom. The molecule has 1 atom stereocenters. The Kier molecular flexibility index (Phi) is 7.03. The summed E-state index contributed by atoms with van der Waals surface area (Å²) in [5.41, 5.74) is 0.799. The lowest BCUT2D eigenvalue weighted by molar-refractivity contribution is -0.117. The molecular weight excluding hydrogens is 414 g/mol. The molecule has 0 saturated carbocycles. The zero-order chi connectivity index (χ0) is 22.3. The minimum Gasteiger partial charge on any atom is -0.460 e. The van der Waals surface area contributed by atoms with Gasteiger partial charge < -0.3 is 9.73 Å². The van der Waals surface area contributed by atoms with Crippen LogP contribution in [0.5, 0.6) is 0 Å². The molecular formula is C23H21N3O4S. The summed E-state index contributed by atoms with van der Waals surface area (Å²) < 4.78 is 32.6. The summed E-state index contributed by atoms with van der Waals surface area (Å²) in [4.78, 5) is 12.6. The van der Waals surface area contributed by atoms with Crippen LogP contribution in [0.25, 0.3) is 6.08 Å². The SMILES string of the molecule is C[C@H](NC(=O)/C(C#N)=C/c1ccc(CNS(=O)(=O)c2ccccc2)o1)c1ccccc1. The van der Waals surface area contributed by atoms with E-state index in [4.69, 9.17) is 4.42 Å². The van der Waals surface area contributed by atoms with Gasteiger partial charge in [0.15, 0.2) is 0 Å². The molecule has 0 unspecified atom stereocenters. The lowest BCUT2D eigenvalue weighted by Crippen LogP contribution is -2.27. The van der Waals surface area contributed by atoms with Gasteiger partial charge in [-0.25, -0.2) is 13.1 Å². The minimum atomic E-state index is -3.67. The van der Waals surface area contributed by atoms with Crippen LogP contribution < -0.4 is 10.0 Å². The molecule has 8 heteroatoms. The van der Waals surface area contributed by atoms with Gasteiger partial charge in [0.05, 0.1) is 17.5 Å². The van der Waals surface area contributed by atoms with Crippen molar-refractivity contribution in [3.63, 3.8) is 0 Å². The number of nitrogens with zero attached hydrogens (tertiary/aromatic N) is 1. The average Bonchev–Trinajstić information content (AvgIpc) is 3.25. The highest BCUT2D eigenvalue weighted by atomic mass is 32.2. The molecule has 0 aliphatic heterocycles. The zero-order valence-electron chi connectivity index (χ0n) is 16.8. The van der Waals surface area contributed by atoms with Crippen molar-refractivity contribution in [2.45, 2.75) is 24.4 Å². The molecule has 1 aromatic heterocycles. The highest BCUT2D eigenvalue weighted by molar-refractivity contribution is 7.89. The first kappa shape index (κ1) is 22.0. The maximum atomic E-state index is 12.4. The number of benzene rings is 2. The quantitative estimate of drug-likeness (QED) is 0.415. The summed E-state index contributed by atoms with van der Waals surface area (Å²) in [6.45, 7) is 1.76. The number of rotatable bonds is 8. The summed E-state index contributed by atoms with van der Waals surface area (Å²) in [5, 5.41) is 12.1. The molecule has 31 heavy (non-hydrogen) atoms. The Morgan fingerprint density at radius 1 is 1.06 bits per heavy atom. The van der Waals surface area contributed by atoms with Crippen molar-refractivity contribution in [1.82, 2.24) is 10.0 Å². The third-order valence-electron chi connectivity index (χ3n) is 4.47. The Labute approximate surface area is 181 Å². The third kappa shape index (κ3) is 5.92. The fourth-order valence-electron chi connectivity index (χ4n) is 2.81. The fourth-order valence-corrected chi connectivity index (χ4v) is 3.82. The second-order valence-electron chi connectivity index (χ2n) is 6.72. The van der Waals surface area contributed by atoms with E-state index < -0.39 is 15.9 Å². The van der Waals surface area contributed by atoms with Gasteiger partial charge in [0, 0.05) is 6.08 Å². The lowest BCUT2D eigenvalue weighted by Gasteiger charge is -2.13. The number of nitriles is 1. The summed E-state index contributed by atoms with van der Waals surface area (Å²) in [7, 11) is -3.67. The lowest BCUT2D eigenvalue weighted by atomic mass is 10.1. The van der Waals surface area contributed by atoms with Crippen molar-refractivity contribution in [3.8, 4) is 6.07 Å². The van der Waals surface area contributed by atoms with Crippen LogP contribution in [0.4, 0.5) is 0 Å². The summed E-state index contributed by atoms with van der Waals surface area (Å²) >= 11 is 0. The van der Waals surface area contributed by atoms with Crippen LogP contribution in [0.1, 0.15) is 30.0 Å². The highest BCUT2D eigenvalue weighted by Gasteiger charge is 2.16. The molecule has 0 aliphatic carbocycles. The van der Waals surface area contributed by atoms with Crippen molar-refractivity contribution in [2.24, 2.45) is 0 Å². The number of carbonyl (C=O) groups excluding carboxylic acids is 1. The van der Waals surface area contributed by atoms with Gasteiger partial charge in [-0.15, -0.1) is 0 Å². The van der Waals surface area contributed by atoms with E-state index in [-0.39, 0.29) is 28.8 Å². The first-order valence-corrected chi connectivity index (χ1v) is 11.0. The second kappa shape index (κ2) is 9.89. The van der Waals surface area contributed by atoms with E-state index in [1.165, 1.54) is 18.2 Å². The zero-order valence-corrected chi connectivity index (χ0v) is 17.6.